The van der Waals surface area contributed by atoms with E-state index in [1.165, 1.54) is 11.8 Å². The average Bonchev–Trinajstić information content (AvgIpc) is 2.67. The highest BCUT2D eigenvalue weighted by Gasteiger charge is 2.15. The van der Waals surface area contributed by atoms with Crippen LogP contribution in [0, 0.1) is 0 Å². The number of anilines is 1. The molecule has 0 radical (unpaired) electrons. The van der Waals surface area contributed by atoms with Gasteiger partial charge in [-0.3, -0.25) is 9.59 Å². The number of amides is 2. The standard InChI is InChI=1S/C22H28N2O4/c1-16(2)28-21-11-7-19(8-12-21)24(17(3)25)15-22(26)23-14-13-18-5-9-20(27-4)10-6-18/h5-12,16H,13-15H2,1-4H3,(H,23,26). The van der Waals surface area contributed by atoms with Crippen molar-refractivity contribution in [3.63, 3.8) is 0 Å². The lowest BCUT2D eigenvalue weighted by Crippen LogP contribution is -2.40. The molecule has 0 aliphatic heterocycles. The molecule has 0 saturated carbocycles. The number of ether oxygens (including phenoxy) is 2. The van der Waals surface area contributed by atoms with Gasteiger partial charge < -0.3 is 19.7 Å². The fourth-order valence-corrected chi connectivity index (χ4v) is 2.70. The molecule has 0 bridgehead atoms. The zero-order valence-corrected chi connectivity index (χ0v) is 16.9. The third-order valence-corrected chi connectivity index (χ3v) is 4.10. The van der Waals surface area contributed by atoms with E-state index >= 15 is 0 Å². The predicted octanol–water partition coefficient (Wildman–Crippen LogP) is 3.19. The summed E-state index contributed by atoms with van der Waals surface area (Å²) in [6, 6.07) is 14.9. The summed E-state index contributed by atoms with van der Waals surface area (Å²) in [5, 5.41) is 2.86. The summed E-state index contributed by atoms with van der Waals surface area (Å²) in [6.45, 7) is 5.82. The van der Waals surface area contributed by atoms with Crippen LogP contribution in [0.3, 0.4) is 0 Å². The maximum absolute atomic E-state index is 12.3. The summed E-state index contributed by atoms with van der Waals surface area (Å²) in [5.74, 6) is 1.13. The van der Waals surface area contributed by atoms with Gasteiger partial charge in [0.2, 0.25) is 11.8 Å². The molecule has 6 nitrogen and oxygen atoms in total. The summed E-state index contributed by atoms with van der Waals surface area (Å²) in [4.78, 5) is 25.7. The molecule has 150 valence electrons. The van der Waals surface area contributed by atoms with Gasteiger partial charge >= 0.3 is 0 Å². The topological polar surface area (TPSA) is 67.9 Å². The minimum absolute atomic E-state index is 0.0255. The first-order chi connectivity index (χ1) is 13.4. The molecule has 2 aromatic rings. The number of hydrogen-bond acceptors (Lipinski definition) is 4. The van der Waals surface area contributed by atoms with E-state index < -0.39 is 0 Å². The lowest BCUT2D eigenvalue weighted by Gasteiger charge is -2.21. The van der Waals surface area contributed by atoms with Gasteiger partial charge in [-0.05, 0) is 62.2 Å². The van der Waals surface area contributed by atoms with Crippen LogP contribution in [0.1, 0.15) is 26.3 Å². The molecule has 2 rings (SSSR count). The van der Waals surface area contributed by atoms with Crippen LogP contribution in [0.2, 0.25) is 0 Å². The third kappa shape index (κ3) is 6.61. The SMILES string of the molecule is COc1ccc(CCNC(=O)CN(C(C)=O)c2ccc(OC(C)C)cc2)cc1. The van der Waals surface area contributed by atoms with E-state index in [4.69, 9.17) is 9.47 Å². The van der Waals surface area contributed by atoms with Crippen LogP contribution in [0.5, 0.6) is 11.5 Å². The Hall–Kier alpha value is -3.02. The van der Waals surface area contributed by atoms with Gasteiger partial charge in [0.05, 0.1) is 13.2 Å². The molecule has 1 N–H and O–H groups in total. The fraction of sp³-hybridized carbons (Fsp3) is 0.364. The van der Waals surface area contributed by atoms with E-state index in [0.29, 0.717) is 18.7 Å². The Morgan fingerprint density at radius 1 is 1.00 bits per heavy atom. The molecule has 0 atom stereocenters. The van der Waals surface area contributed by atoms with E-state index in [1.807, 2.05) is 38.1 Å². The van der Waals surface area contributed by atoms with Crippen LogP contribution in [0.15, 0.2) is 48.5 Å². The molecule has 0 fully saturated rings. The molecule has 28 heavy (non-hydrogen) atoms. The Labute approximate surface area is 166 Å². The maximum atomic E-state index is 12.3. The minimum Gasteiger partial charge on any atom is -0.497 e. The molecule has 0 spiro atoms. The normalized spacial score (nSPS) is 10.5. The Balaban J connectivity index is 1.88. The third-order valence-electron chi connectivity index (χ3n) is 4.10. The second kappa shape index (κ2) is 10.3. The number of carbonyl (C=O) groups excluding carboxylic acids is 2. The molecular formula is C22H28N2O4. The van der Waals surface area contributed by atoms with Crippen molar-refractivity contribution < 1.29 is 19.1 Å². The molecule has 6 heteroatoms. The van der Waals surface area contributed by atoms with Gasteiger partial charge in [0, 0.05) is 19.2 Å². The summed E-state index contributed by atoms with van der Waals surface area (Å²) in [7, 11) is 1.63. The first-order valence-electron chi connectivity index (χ1n) is 9.33. The molecule has 0 aliphatic carbocycles. The molecular weight excluding hydrogens is 356 g/mol. The number of rotatable bonds is 9. The first-order valence-corrected chi connectivity index (χ1v) is 9.33. The van der Waals surface area contributed by atoms with Crippen LogP contribution in [-0.4, -0.2) is 38.1 Å². The van der Waals surface area contributed by atoms with Gasteiger partial charge in [-0.15, -0.1) is 0 Å². The quantitative estimate of drug-likeness (QED) is 0.721. The van der Waals surface area contributed by atoms with E-state index in [-0.39, 0.29) is 24.5 Å². The summed E-state index contributed by atoms with van der Waals surface area (Å²) in [6.07, 6.45) is 0.781. The predicted molar refractivity (Wildman–Crippen MR) is 110 cm³/mol. The molecule has 0 heterocycles. The highest BCUT2D eigenvalue weighted by Crippen LogP contribution is 2.20. The van der Waals surface area contributed by atoms with Crippen molar-refractivity contribution in [3.05, 3.63) is 54.1 Å². The summed E-state index contributed by atoms with van der Waals surface area (Å²) in [5.41, 5.74) is 1.76. The zero-order chi connectivity index (χ0) is 20.5. The Morgan fingerprint density at radius 2 is 1.61 bits per heavy atom. The molecule has 2 amide bonds. The summed E-state index contributed by atoms with van der Waals surface area (Å²) < 4.78 is 10.7. The number of benzene rings is 2. The Morgan fingerprint density at radius 3 is 2.14 bits per heavy atom. The Bertz CT molecular complexity index is 770. The van der Waals surface area contributed by atoms with Crippen LogP contribution < -0.4 is 19.7 Å². The second-order valence-corrected chi connectivity index (χ2v) is 6.71. The molecule has 0 saturated heterocycles. The molecule has 0 unspecified atom stereocenters. The summed E-state index contributed by atoms with van der Waals surface area (Å²) >= 11 is 0. The van der Waals surface area contributed by atoms with Crippen molar-refractivity contribution in [1.82, 2.24) is 5.32 Å². The number of nitrogens with zero attached hydrogens (tertiary/aromatic N) is 1. The van der Waals surface area contributed by atoms with E-state index in [2.05, 4.69) is 5.32 Å². The monoisotopic (exact) mass is 384 g/mol. The van der Waals surface area contributed by atoms with Crippen LogP contribution in [-0.2, 0) is 16.0 Å². The number of methoxy groups -OCH3 is 1. The first kappa shape index (κ1) is 21.3. The average molecular weight is 384 g/mol. The van der Waals surface area contributed by atoms with Crippen molar-refractivity contribution in [2.24, 2.45) is 0 Å². The van der Waals surface area contributed by atoms with E-state index in [0.717, 1.165) is 17.1 Å². The van der Waals surface area contributed by atoms with Crippen LogP contribution >= 0.6 is 0 Å². The van der Waals surface area contributed by atoms with Gasteiger partial charge in [0.1, 0.15) is 18.0 Å². The van der Waals surface area contributed by atoms with Crippen molar-refractivity contribution >= 4 is 17.5 Å². The van der Waals surface area contributed by atoms with Crippen molar-refractivity contribution in [3.8, 4) is 11.5 Å². The smallest absolute Gasteiger partial charge is 0.240 e. The second-order valence-electron chi connectivity index (χ2n) is 6.71. The van der Waals surface area contributed by atoms with Gasteiger partial charge in [-0.2, -0.15) is 0 Å². The molecule has 0 aliphatic rings. The highest BCUT2D eigenvalue weighted by atomic mass is 16.5. The minimum atomic E-state index is -0.203. The molecule has 0 aromatic heterocycles. The van der Waals surface area contributed by atoms with Crippen LogP contribution in [0.4, 0.5) is 5.69 Å². The largest absolute Gasteiger partial charge is 0.497 e. The van der Waals surface area contributed by atoms with E-state index in [9.17, 15) is 9.59 Å². The number of nitrogens with one attached hydrogen (secondary N) is 1. The van der Waals surface area contributed by atoms with Gasteiger partial charge in [0.15, 0.2) is 0 Å². The van der Waals surface area contributed by atoms with Gasteiger partial charge in [-0.1, -0.05) is 12.1 Å². The fourth-order valence-electron chi connectivity index (χ4n) is 2.70. The van der Waals surface area contributed by atoms with Crippen molar-refractivity contribution in [2.45, 2.75) is 33.3 Å². The highest BCUT2D eigenvalue weighted by molar-refractivity contribution is 5.97. The van der Waals surface area contributed by atoms with Gasteiger partial charge in [-0.25, -0.2) is 0 Å². The van der Waals surface area contributed by atoms with Gasteiger partial charge in [0.25, 0.3) is 0 Å². The zero-order valence-electron chi connectivity index (χ0n) is 16.9. The lowest BCUT2D eigenvalue weighted by atomic mass is 10.1. The Kier molecular flexibility index (Phi) is 7.87. The number of carbonyl (C=O) groups is 2. The van der Waals surface area contributed by atoms with Crippen LogP contribution in [0.25, 0.3) is 0 Å². The van der Waals surface area contributed by atoms with Crippen molar-refractivity contribution in [1.29, 1.82) is 0 Å². The lowest BCUT2D eigenvalue weighted by molar-refractivity contribution is -0.123. The molecule has 2 aromatic carbocycles. The maximum Gasteiger partial charge on any atom is 0.240 e. The number of hydrogen-bond donors (Lipinski definition) is 1. The van der Waals surface area contributed by atoms with E-state index in [1.54, 1.807) is 31.4 Å². The van der Waals surface area contributed by atoms with Crippen molar-refractivity contribution in [2.75, 3.05) is 25.1 Å².